The van der Waals surface area contributed by atoms with Gasteiger partial charge >= 0.3 is 11.9 Å². The first-order chi connectivity index (χ1) is 15.2. The molecule has 5 aliphatic rings. The van der Waals surface area contributed by atoms with Gasteiger partial charge in [-0.2, -0.15) is 0 Å². The van der Waals surface area contributed by atoms with Crippen molar-refractivity contribution < 1.29 is 23.8 Å². The predicted molar refractivity (Wildman–Crippen MR) is 121 cm³/mol. The number of ether oxygens (including phenoxy) is 3. The molecule has 5 rings (SSSR count). The van der Waals surface area contributed by atoms with Crippen LogP contribution in [-0.4, -0.2) is 37.4 Å². The second-order valence-corrected chi connectivity index (χ2v) is 12.3. The molecule has 5 fully saturated rings. The summed E-state index contributed by atoms with van der Waals surface area (Å²) in [6.45, 7) is 8.99. The van der Waals surface area contributed by atoms with E-state index in [0.717, 1.165) is 37.5 Å². The number of fused-ring (bicyclic) bond motifs is 8. The van der Waals surface area contributed by atoms with E-state index in [9.17, 15) is 9.59 Å². The van der Waals surface area contributed by atoms with Gasteiger partial charge in [-0.05, 0) is 97.7 Å². The zero-order valence-corrected chi connectivity index (χ0v) is 20.6. The van der Waals surface area contributed by atoms with Gasteiger partial charge in [0, 0.05) is 13.3 Å². The summed E-state index contributed by atoms with van der Waals surface area (Å²) in [5, 5.41) is 0. The van der Waals surface area contributed by atoms with Crippen molar-refractivity contribution in [3.63, 3.8) is 0 Å². The topological polar surface area (TPSA) is 65.1 Å². The summed E-state index contributed by atoms with van der Waals surface area (Å²) in [7, 11) is 1.49. The van der Waals surface area contributed by atoms with Gasteiger partial charge in [0.25, 0.3) is 0 Å². The van der Waals surface area contributed by atoms with Crippen molar-refractivity contribution in [3.8, 4) is 0 Å². The summed E-state index contributed by atoms with van der Waals surface area (Å²) < 4.78 is 17.0. The molecule has 0 aromatic heterocycles. The van der Waals surface area contributed by atoms with Gasteiger partial charge in [-0.25, -0.2) is 0 Å². The van der Waals surface area contributed by atoms with Crippen LogP contribution < -0.4 is 0 Å². The normalized spacial score (nSPS) is 49.7. The first-order valence-electron chi connectivity index (χ1n) is 13.1. The second-order valence-electron chi connectivity index (χ2n) is 12.3. The molecule has 1 saturated heterocycles. The van der Waals surface area contributed by atoms with Gasteiger partial charge in [-0.1, -0.05) is 20.8 Å². The standard InChI is InChI=1S/C27H42O5/c1-15(6-9-22(29)30-5)18-7-8-19-23-20(11-13-26(18,19)3)27(4)12-10-17(31-16(2)28)14-21(27)24-25(23)32-24/h15,17-21,23-25H,6-14H2,1-5H3/t15-,17-,18?,19?,20?,21?,23?,24-,25+,26-,27-/m1/s1. The van der Waals surface area contributed by atoms with Crippen molar-refractivity contribution in [1.29, 1.82) is 0 Å². The number of methoxy groups -OCH3 is 1. The molecule has 32 heavy (non-hydrogen) atoms. The van der Waals surface area contributed by atoms with Crippen LogP contribution in [0.1, 0.15) is 85.5 Å². The van der Waals surface area contributed by atoms with Gasteiger partial charge < -0.3 is 14.2 Å². The third kappa shape index (κ3) is 3.44. The van der Waals surface area contributed by atoms with Crippen LogP contribution in [0.5, 0.6) is 0 Å². The first kappa shape index (κ1) is 22.7. The van der Waals surface area contributed by atoms with Crippen LogP contribution in [0, 0.1) is 46.3 Å². The van der Waals surface area contributed by atoms with Crippen molar-refractivity contribution in [2.75, 3.05) is 7.11 Å². The largest absolute Gasteiger partial charge is 0.469 e. The molecule has 0 spiro atoms. The number of esters is 2. The van der Waals surface area contributed by atoms with Gasteiger partial charge in [0.05, 0.1) is 19.3 Å². The van der Waals surface area contributed by atoms with Crippen LogP contribution >= 0.6 is 0 Å². The van der Waals surface area contributed by atoms with Crippen molar-refractivity contribution in [3.05, 3.63) is 0 Å². The Morgan fingerprint density at radius 2 is 1.72 bits per heavy atom. The SMILES string of the molecule is COC(=O)CC[C@@H](C)C1CCC2C3C(CC[C@@]21C)[C@@]1(C)CC[C@@H](OC(C)=O)CC1[C@H]1O[C@@H]31. The highest BCUT2D eigenvalue weighted by Crippen LogP contribution is 2.71. The van der Waals surface area contributed by atoms with Crippen LogP contribution in [0.25, 0.3) is 0 Å². The second kappa shape index (κ2) is 7.99. The van der Waals surface area contributed by atoms with Crippen molar-refractivity contribution in [2.24, 2.45) is 46.3 Å². The predicted octanol–water partition coefficient (Wildman–Crippen LogP) is 5.15. The smallest absolute Gasteiger partial charge is 0.305 e. The van der Waals surface area contributed by atoms with E-state index >= 15 is 0 Å². The highest BCUT2D eigenvalue weighted by molar-refractivity contribution is 5.69. The van der Waals surface area contributed by atoms with Crippen LogP contribution in [-0.2, 0) is 23.8 Å². The fourth-order valence-corrected chi connectivity index (χ4v) is 9.46. The quantitative estimate of drug-likeness (QED) is 0.431. The zero-order valence-electron chi connectivity index (χ0n) is 20.6. The minimum Gasteiger partial charge on any atom is -0.469 e. The molecule has 0 aromatic carbocycles. The molecule has 0 N–H and O–H groups in total. The van der Waals surface area contributed by atoms with Gasteiger partial charge in [0.1, 0.15) is 6.10 Å². The summed E-state index contributed by atoms with van der Waals surface area (Å²) in [5.74, 6) is 3.72. The average Bonchev–Trinajstić information content (AvgIpc) is 3.46. The van der Waals surface area contributed by atoms with Crippen LogP contribution in [0.2, 0.25) is 0 Å². The highest BCUT2D eigenvalue weighted by Gasteiger charge is 2.70. The Kier molecular flexibility index (Phi) is 5.66. The highest BCUT2D eigenvalue weighted by atomic mass is 16.6. The third-order valence-electron chi connectivity index (χ3n) is 11.0. The molecule has 1 heterocycles. The minimum atomic E-state index is -0.146. The Morgan fingerprint density at radius 3 is 2.44 bits per heavy atom. The average molecular weight is 447 g/mol. The Bertz CT molecular complexity index is 765. The number of carbonyl (C=O) groups excluding carboxylic acids is 2. The van der Waals surface area contributed by atoms with Gasteiger partial charge in [0.2, 0.25) is 0 Å². The van der Waals surface area contributed by atoms with Crippen LogP contribution in [0.3, 0.4) is 0 Å². The summed E-state index contributed by atoms with van der Waals surface area (Å²) in [6.07, 6.45) is 10.7. The van der Waals surface area contributed by atoms with E-state index in [1.165, 1.54) is 39.7 Å². The van der Waals surface area contributed by atoms with Crippen LogP contribution in [0.4, 0.5) is 0 Å². The van der Waals surface area contributed by atoms with Crippen molar-refractivity contribution in [2.45, 2.75) is 104 Å². The molecule has 5 heteroatoms. The van der Waals surface area contributed by atoms with E-state index in [4.69, 9.17) is 14.2 Å². The van der Waals surface area contributed by atoms with Gasteiger partial charge in [-0.15, -0.1) is 0 Å². The Hall–Kier alpha value is -1.10. The molecule has 4 aliphatic carbocycles. The Morgan fingerprint density at radius 1 is 1.00 bits per heavy atom. The lowest BCUT2D eigenvalue weighted by Gasteiger charge is -2.59. The zero-order chi connectivity index (χ0) is 22.8. The minimum absolute atomic E-state index is 0.0763. The molecular weight excluding hydrogens is 404 g/mol. The van der Waals surface area contributed by atoms with Crippen molar-refractivity contribution in [1.82, 2.24) is 0 Å². The number of hydrogen-bond acceptors (Lipinski definition) is 5. The molecule has 11 atom stereocenters. The monoisotopic (exact) mass is 446 g/mol. The van der Waals surface area contributed by atoms with E-state index in [0.29, 0.717) is 53.1 Å². The molecule has 180 valence electrons. The molecule has 1 aliphatic heterocycles. The Balaban J connectivity index is 1.32. The molecule has 5 nitrogen and oxygen atoms in total. The lowest BCUT2D eigenvalue weighted by atomic mass is 9.44. The van der Waals surface area contributed by atoms with Crippen molar-refractivity contribution >= 4 is 11.9 Å². The molecular formula is C27H42O5. The number of rotatable bonds is 5. The molecule has 0 bridgehead atoms. The third-order valence-corrected chi connectivity index (χ3v) is 11.0. The molecule has 0 aromatic rings. The van der Waals surface area contributed by atoms with Gasteiger partial charge in [0.15, 0.2) is 0 Å². The lowest BCUT2D eigenvalue weighted by Crippen LogP contribution is -2.57. The summed E-state index contributed by atoms with van der Waals surface area (Å²) in [5.41, 5.74) is 0.681. The number of carbonyl (C=O) groups is 2. The fraction of sp³-hybridized carbons (Fsp3) is 0.926. The van der Waals surface area contributed by atoms with E-state index in [-0.39, 0.29) is 18.0 Å². The lowest BCUT2D eigenvalue weighted by molar-refractivity contribution is -0.157. The Labute approximate surface area is 193 Å². The maximum Gasteiger partial charge on any atom is 0.305 e. The molecule has 0 amide bonds. The summed E-state index contributed by atoms with van der Waals surface area (Å²) in [6, 6.07) is 0. The van der Waals surface area contributed by atoms with Gasteiger partial charge in [-0.3, -0.25) is 9.59 Å². The fourth-order valence-electron chi connectivity index (χ4n) is 9.46. The number of hydrogen-bond donors (Lipinski definition) is 0. The molecule has 4 saturated carbocycles. The molecule has 0 radical (unpaired) electrons. The number of epoxide rings is 1. The maximum absolute atomic E-state index is 11.7. The van der Waals surface area contributed by atoms with E-state index in [1.807, 2.05) is 0 Å². The summed E-state index contributed by atoms with van der Waals surface area (Å²) >= 11 is 0. The van der Waals surface area contributed by atoms with E-state index < -0.39 is 0 Å². The first-order valence-corrected chi connectivity index (χ1v) is 13.1. The van der Waals surface area contributed by atoms with E-state index in [2.05, 4.69) is 20.8 Å². The summed E-state index contributed by atoms with van der Waals surface area (Å²) in [4.78, 5) is 23.3. The maximum atomic E-state index is 11.7. The molecule has 5 unspecified atom stereocenters. The van der Waals surface area contributed by atoms with E-state index in [1.54, 1.807) is 0 Å². The van der Waals surface area contributed by atoms with Crippen LogP contribution in [0.15, 0.2) is 0 Å².